The predicted molar refractivity (Wildman–Crippen MR) is 154 cm³/mol. The Balaban J connectivity index is 1.66. The summed E-state index contributed by atoms with van der Waals surface area (Å²) in [5.74, 6) is 0. The minimum Gasteiger partial charge on any atom is -0.444 e. The molecular weight excluding hydrogens is 590 g/mol. The number of hydrogen-bond donors (Lipinski definition) is 0. The number of carbonyl (C=O) groups is 1. The highest BCUT2D eigenvalue weighted by Crippen LogP contribution is 2.42. The number of pyridine rings is 1. The van der Waals surface area contributed by atoms with Gasteiger partial charge in [-0.2, -0.15) is 13.9 Å². The second kappa shape index (κ2) is 11.5. The van der Waals surface area contributed by atoms with E-state index in [9.17, 15) is 13.6 Å². The number of nitrogens with zero attached hydrogens (tertiary/aromatic N) is 6. The maximum atomic E-state index is 13.4. The van der Waals surface area contributed by atoms with Crippen LogP contribution < -0.4 is 4.90 Å². The maximum Gasteiger partial charge on any atom is 0.410 e. The van der Waals surface area contributed by atoms with Crippen LogP contribution in [0, 0.1) is 0 Å². The van der Waals surface area contributed by atoms with Gasteiger partial charge in [0.2, 0.25) is 0 Å². The van der Waals surface area contributed by atoms with Crippen LogP contribution in [0.3, 0.4) is 0 Å². The molecule has 0 aliphatic carbocycles. The molecule has 1 amide bonds. The Labute approximate surface area is 237 Å². The minimum atomic E-state index is -2.74. The van der Waals surface area contributed by atoms with Crippen LogP contribution in [0.25, 0.3) is 22.3 Å². The summed E-state index contributed by atoms with van der Waals surface area (Å²) < 4.78 is 41.6. The Kier molecular flexibility index (Phi) is 8.72. The largest absolute Gasteiger partial charge is 0.444 e. The lowest BCUT2D eigenvalue weighted by atomic mass is 10.2. The molecule has 3 aromatic heterocycles. The number of hydrogen-bond acceptors (Lipinski definition) is 6. The summed E-state index contributed by atoms with van der Waals surface area (Å²) in [7, 11) is -1.29. The molecule has 3 aromatic rings. The molecule has 0 radical (unpaired) electrons. The van der Waals surface area contributed by atoms with E-state index in [2.05, 4.69) is 50.6 Å². The molecule has 4 heterocycles. The number of carbonyl (C=O) groups excluding carboxylic acids is 1. The summed E-state index contributed by atoms with van der Waals surface area (Å²) in [6.07, 6.45) is 4.20. The van der Waals surface area contributed by atoms with E-state index in [1.165, 1.54) is 12.4 Å². The van der Waals surface area contributed by atoms with Gasteiger partial charge in [-0.3, -0.25) is 4.57 Å². The molecule has 0 spiro atoms. The Morgan fingerprint density at radius 2 is 1.87 bits per heavy atom. The molecule has 1 saturated heterocycles. The van der Waals surface area contributed by atoms with Crippen molar-refractivity contribution in [3.8, 4) is 11.3 Å². The molecule has 0 unspecified atom stereocenters. The zero-order chi connectivity index (χ0) is 28.5. The number of anilines is 1. The van der Waals surface area contributed by atoms with E-state index in [1.54, 1.807) is 11.1 Å². The van der Waals surface area contributed by atoms with Crippen molar-refractivity contribution in [2.45, 2.75) is 65.3 Å². The van der Waals surface area contributed by atoms with Crippen molar-refractivity contribution in [3.63, 3.8) is 0 Å². The zero-order valence-electron chi connectivity index (χ0n) is 23.4. The molecule has 1 aliphatic rings. The van der Waals surface area contributed by atoms with Crippen LogP contribution in [-0.4, -0.2) is 76.8 Å². The Hall–Kier alpha value is -2.51. The van der Waals surface area contributed by atoms with Gasteiger partial charge in [0.25, 0.3) is 0 Å². The fourth-order valence-electron chi connectivity index (χ4n) is 4.43. The first-order valence-corrected chi connectivity index (χ1v) is 17.6. The van der Waals surface area contributed by atoms with Gasteiger partial charge >= 0.3 is 12.6 Å². The summed E-state index contributed by atoms with van der Waals surface area (Å²) in [4.78, 5) is 21.2. The van der Waals surface area contributed by atoms with Gasteiger partial charge in [-0.1, -0.05) is 19.6 Å². The van der Waals surface area contributed by atoms with Crippen LogP contribution in [0.1, 0.15) is 27.3 Å². The molecule has 0 aromatic carbocycles. The van der Waals surface area contributed by atoms with Crippen molar-refractivity contribution in [2.24, 2.45) is 0 Å². The lowest BCUT2D eigenvalue weighted by molar-refractivity contribution is 0.0240. The van der Waals surface area contributed by atoms with Crippen LogP contribution in [0.5, 0.6) is 0 Å². The third kappa shape index (κ3) is 6.98. The Morgan fingerprint density at radius 3 is 2.46 bits per heavy atom. The first-order valence-electron chi connectivity index (χ1n) is 13.1. The summed E-state index contributed by atoms with van der Waals surface area (Å²) in [6.45, 7) is 12.8. The van der Waals surface area contributed by atoms with Crippen molar-refractivity contribution < 1.29 is 23.0 Å². The molecule has 1 fully saturated rings. The minimum absolute atomic E-state index is 0.227. The molecule has 39 heavy (non-hydrogen) atoms. The van der Waals surface area contributed by atoms with Gasteiger partial charge in [0, 0.05) is 58.8 Å². The third-order valence-corrected chi connectivity index (χ3v) is 8.90. The van der Waals surface area contributed by atoms with Crippen LogP contribution in [0.15, 0.2) is 29.1 Å². The van der Waals surface area contributed by atoms with E-state index in [-0.39, 0.29) is 12.8 Å². The zero-order valence-corrected chi connectivity index (χ0v) is 26.0. The first-order chi connectivity index (χ1) is 18.2. The van der Waals surface area contributed by atoms with Gasteiger partial charge in [-0.15, -0.1) is 0 Å². The number of alkyl halides is 2. The summed E-state index contributed by atoms with van der Waals surface area (Å²) in [5, 5.41) is 4.71. The number of aromatic nitrogens is 4. The summed E-state index contributed by atoms with van der Waals surface area (Å²) in [5.41, 5.74) is 2.29. The van der Waals surface area contributed by atoms with Gasteiger partial charge < -0.3 is 19.3 Å². The standard InChI is InChI=1S/C26H37BrF2N6O3Si/c1-26(2,3)38-25(36)33-11-9-32(10-12-33)19-7-8-30-23-20(19)21(27)22(18-15-31-35(16-18)24(28)29)34(23)17-37-13-14-39(4,5)6/h7-8,15-16,24H,9-14,17H2,1-6H3. The molecule has 1 aliphatic heterocycles. The van der Waals surface area contributed by atoms with Gasteiger partial charge in [-0.25, -0.2) is 14.5 Å². The number of ether oxygens (including phenoxy) is 2. The third-order valence-electron chi connectivity index (χ3n) is 6.43. The second-order valence-electron chi connectivity index (χ2n) is 11.9. The fraction of sp³-hybridized carbons (Fsp3) is 0.577. The predicted octanol–water partition coefficient (Wildman–Crippen LogP) is 6.43. The highest BCUT2D eigenvalue weighted by atomic mass is 79.9. The quantitative estimate of drug-likeness (QED) is 0.212. The monoisotopic (exact) mass is 626 g/mol. The van der Waals surface area contributed by atoms with Crippen LogP contribution >= 0.6 is 15.9 Å². The molecular formula is C26H37BrF2N6O3Si. The van der Waals surface area contributed by atoms with Crippen molar-refractivity contribution in [1.82, 2.24) is 24.2 Å². The Bertz CT molecular complexity index is 1310. The van der Waals surface area contributed by atoms with Crippen LogP contribution in [0.2, 0.25) is 25.7 Å². The fourth-order valence-corrected chi connectivity index (χ4v) is 6.01. The van der Waals surface area contributed by atoms with E-state index in [0.717, 1.165) is 21.6 Å². The van der Waals surface area contributed by atoms with E-state index in [1.807, 2.05) is 31.4 Å². The SMILES string of the molecule is CC(C)(C)OC(=O)N1CCN(c2ccnc3c2c(Br)c(-c2cnn(C(F)F)c2)n3COCC[Si](C)(C)C)CC1. The molecule has 214 valence electrons. The number of halogens is 3. The normalized spacial score (nSPS) is 15.0. The Morgan fingerprint density at radius 1 is 1.18 bits per heavy atom. The average molecular weight is 628 g/mol. The average Bonchev–Trinajstić information content (AvgIpc) is 3.43. The maximum absolute atomic E-state index is 13.4. The molecule has 13 heteroatoms. The molecule has 0 saturated carbocycles. The van der Waals surface area contributed by atoms with Crippen LogP contribution in [-0.2, 0) is 16.2 Å². The van der Waals surface area contributed by atoms with E-state index >= 15 is 0 Å². The van der Waals surface area contributed by atoms with Crippen molar-refractivity contribution in [2.75, 3.05) is 37.7 Å². The van der Waals surface area contributed by atoms with E-state index in [4.69, 9.17) is 9.47 Å². The van der Waals surface area contributed by atoms with E-state index < -0.39 is 20.2 Å². The first kappa shape index (κ1) is 29.5. The van der Waals surface area contributed by atoms with Gasteiger partial charge in [0.1, 0.15) is 18.0 Å². The second-order valence-corrected chi connectivity index (χ2v) is 18.3. The summed E-state index contributed by atoms with van der Waals surface area (Å²) in [6, 6.07) is 2.95. The number of piperazine rings is 1. The van der Waals surface area contributed by atoms with Gasteiger partial charge in [0.05, 0.1) is 27.4 Å². The lowest BCUT2D eigenvalue weighted by Crippen LogP contribution is -2.50. The molecule has 0 bridgehead atoms. The number of amides is 1. The molecule has 4 rings (SSSR count). The van der Waals surface area contributed by atoms with E-state index in [0.29, 0.717) is 54.4 Å². The lowest BCUT2D eigenvalue weighted by Gasteiger charge is -2.37. The molecule has 0 atom stereocenters. The van der Waals surface area contributed by atoms with Crippen LogP contribution in [0.4, 0.5) is 19.3 Å². The number of rotatable bonds is 8. The van der Waals surface area contributed by atoms with Crippen molar-refractivity contribution in [3.05, 3.63) is 29.1 Å². The molecule has 0 N–H and O–H groups in total. The smallest absolute Gasteiger partial charge is 0.410 e. The highest BCUT2D eigenvalue weighted by Gasteiger charge is 2.29. The molecule has 9 nitrogen and oxygen atoms in total. The van der Waals surface area contributed by atoms with Crippen molar-refractivity contribution in [1.29, 1.82) is 0 Å². The highest BCUT2D eigenvalue weighted by molar-refractivity contribution is 9.10. The number of fused-ring (bicyclic) bond motifs is 1. The van der Waals surface area contributed by atoms with Gasteiger partial charge in [-0.05, 0) is 48.8 Å². The topological polar surface area (TPSA) is 77.7 Å². The summed E-state index contributed by atoms with van der Waals surface area (Å²) >= 11 is 3.77. The van der Waals surface area contributed by atoms with Crippen molar-refractivity contribution >= 4 is 46.8 Å². The van der Waals surface area contributed by atoms with Gasteiger partial charge in [0.15, 0.2) is 0 Å².